The molecule has 3 aromatic rings. The highest BCUT2D eigenvalue weighted by molar-refractivity contribution is 7.12. The van der Waals surface area contributed by atoms with E-state index in [1.54, 1.807) is 0 Å². The van der Waals surface area contributed by atoms with Crippen molar-refractivity contribution in [3.63, 3.8) is 0 Å². The highest BCUT2D eigenvalue weighted by Gasteiger charge is 2.21. The van der Waals surface area contributed by atoms with E-state index >= 15 is 0 Å². The summed E-state index contributed by atoms with van der Waals surface area (Å²) in [5.74, 6) is -5.73. The number of carboxylic acids is 1. The largest absolute Gasteiger partial charge is 0.497 e. The Morgan fingerprint density at radius 3 is 2.67 bits per heavy atom. The van der Waals surface area contributed by atoms with Crippen LogP contribution in [0.25, 0.3) is 11.1 Å². The summed E-state index contributed by atoms with van der Waals surface area (Å²) in [6, 6.07) is 1.67. The van der Waals surface area contributed by atoms with Crippen LogP contribution in [0.5, 0.6) is 5.75 Å². The Balaban J connectivity index is 2.03. The maximum Gasteiger partial charge on any atom is 0.346 e. The van der Waals surface area contributed by atoms with Gasteiger partial charge < -0.3 is 15.2 Å². The molecule has 0 aliphatic heterocycles. The Hall–Kier alpha value is -3.26. The second kappa shape index (κ2) is 7.55. The maximum absolute atomic E-state index is 14.7. The van der Waals surface area contributed by atoms with Crippen molar-refractivity contribution in [2.45, 2.75) is 0 Å². The van der Waals surface area contributed by atoms with Crippen LogP contribution in [-0.2, 0) is 0 Å². The predicted molar refractivity (Wildman–Crippen MR) is 97.6 cm³/mol. The molecule has 1 amide bonds. The Kier molecular flexibility index (Phi) is 3.41. The smallest absolute Gasteiger partial charge is 0.346 e. The molecule has 138 valence electrons. The summed E-state index contributed by atoms with van der Waals surface area (Å²) in [5, 5.41) is 12.4. The molecule has 0 bridgehead atoms. The Morgan fingerprint density at radius 2 is 2.00 bits per heavy atom. The Labute approximate surface area is 165 Å². The number of hydrogen-bond acceptors (Lipinski definition) is 4. The van der Waals surface area contributed by atoms with Crippen molar-refractivity contribution in [2.75, 3.05) is 12.4 Å². The molecule has 0 unspecified atom stereocenters. The zero-order valence-corrected chi connectivity index (χ0v) is 14.0. The van der Waals surface area contributed by atoms with Gasteiger partial charge in [0.05, 0.1) is 20.8 Å². The number of aromatic carboxylic acids is 1. The first-order valence-corrected chi connectivity index (χ1v) is 8.09. The molecule has 2 aromatic carbocycles. The third-order valence-electron chi connectivity index (χ3n) is 3.43. The van der Waals surface area contributed by atoms with Crippen molar-refractivity contribution in [2.24, 2.45) is 0 Å². The summed E-state index contributed by atoms with van der Waals surface area (Å²) in [6.07, 6.45) is 0. The fourth-order valence-electron chi connectivity index (χ4n) is 2.24. The number of benzene rings is 2. The van der Waals surface area contributed by atoms with Crippen LogP contribution in [0, 0.1) is 11.6 Å². The lowest BCUT2D eigenvalue weighted by atomic mass is 10.0. The van der Waals surface area contributed by atoms with E-state index in [0.717, 1.165) is 17.4 Å². The summed E-state index contributed by atoms with van der Waals surface area (Å²) >= 11 is 0.757. The van der Waals surface area contributed by atoms with Crippen LogP contribution in [0.4, 0.5) is 14.5 Å². The molecule has 1 aromatic heterocycles. The van der Waals surface area contributed by atoms with Crippen LogP contribution in [0.1, 0.15) is 28.3 Å². The number of nitrogens with one attached hydrogen (secondary N) is 1. The lowest BCUT2D eigenvalue weighted by Crippen LogP contribution is -2.16. The molecule has 5 nitrogen and oxygen atoms in total. The van der Waals surface area contributed by atoms with Crippen LogP contribution in [0.3, 0.4) is 0 Å². The van der Waals surface area contributed by atoms with Gasteiger partial charge in [-0.05, 0) is 46.8 Å². The van der Waals surface area contributed by atoms with Crippen molar-refractivity contribution in [1.82, 2.24) is 0 Å². The minimum absolute atomic E-state index is 0.297. The van der Waals surface area contributed by atoms with Gasteiger partial charge in [0.15, 0.2) is 0 Å². The average molecular weight is 395 g/mol. The van der Waals surface area contributed by atoms with Crippen molar-refractivity contribution in [3.8, 4) is 16.9 Å². The summed E-state index contributed by atoms with van der Waals surface area (Å²) in [7, 11) is -3.01. The zero-order valence-electron chi connectivity index (χ0n) is 19.2. The number of carbonyl (C=O) groups is 2. The Bertz CT molecular complexity index is 1250. The van der Waals surface area contributed by atoms with Gasteiger partial charge in [-0.25, -0.2) is 13.6 Å². The van der Waals surface area contributed by atoms with Gasteiger partial charge in [-0.3, -0.25) is 4.79 Å². The van der Waals surface area contributed by atoms with Crippen molar-refractivity contribution in [3.05, 3.63) is 69.8 Å². The molecule has 27 heavy (non-hydrogen) atoms. The topological polar surface area (TPSA) is 75.6 Å². The Morgan fingerprint density at radius 1 is 1.26 bits per heavy atom. The molecule has 0 radical (unpaired) electrons. The van der Waals surface area contributed by atoms with E-state index in [2.05, 4.69) is 4.74 Å². The first-order valence-electron chi connectivity index (χ1n) is 10.2. The zero-order chi connectivity index (χ0) is 24.7. The molecule has 2 N–H and O–H groups in total. The van der Waals surface area contributed by atoms with Crippen LogP contribution in [0.2, 0.25) is 0 Å². The SMILES string of the molecule is [2H]c1cc([2H])c(-c2cc(F)c(NC(=O)c3ccsc3C(=O)O)c(F)c2)c([2H])c1OC([2H])([2H])[2H]. The number of amides is 1. The second-order valence-corrected chi connectivity index (χ2v) is 6.02. The number of anilines is 1. The second-order valence-electron chi connectivity index (χ2n) is 5.10. The number of carboxylic acid groups (broad SMARTS) is 1. The molecule has 0 saturated heterocycles. The molecule has 0 saturated carbocycles. The summed E-state index contributed by atoms with van der Waals surface area (Å²) in [6.45, 7) is 0. The molecule has 0 spiro atoms. The van der Waals surface area contributed by atoms with Gasteiger partial charge in [0.25, 0.3) is 5.91 Å². The van der Waals surface area contributed by atoms with Gasteiger partial charge in [-0.1, -0.05) is 12.1 Å². The van der Waals surface area contributed by atoms with Crippen molar-refractivity contribution < 1.29 is 36.4 Å². The minimum atomic E-state index is -3.01. The molecule has 0 atom stereocenters. The summed E-state index contributed by atoms with van der Waals surface area (Å²) in [5.41, 5.74) is -1.92. The van der Waals surface area contributed by atoms with E-state index in [1.165, 1.54) is 11.4 Å². The van der Waals surface area contributed by atoms with Gasteiger partial charge in [0.2, 0.25) is 0 Å². The number of thiophene rings is 1. The number of carbonyl (C=O) groups excluding carboxylic acids is 1. The van der Waals surface area contributed by atoms with Gasteiger partial charge in [-0.15, -0.1) is 11.3 Å². The monoisotopic (exact) mass is 395 g/mol. The highest BCUT2D eigenvalue weighted by atomic mass is 32.1. The molecule has 8 heteroatoms. The number of halogens is 2. The van der Waals surface area contributed by atoms with E-state index in [9.17, 15) is 18.4 Å². The summed E-state index contributed by atoms with van der Waals surface area (Å²) < 4.78 is 79.4. The van der Waals surface area contributed by atoms with Crippen molar-refractivity contribution in [1.29, 1.82) is 0 Å². The standard InChI is InChI=1S/C19H13F2NO4S/c1-26-12-4-2-3-10(7-12)11-8-14(20)16(15(21)9-11)22-18(23)13-5-6-27-17(13)19(24)25/h2-9H,1H3,(H,22,23)(H,24,25)/i1D3,3D,4D,7D. The van der Waals surface area contributed by atoms with Gasteiger partial charge in [-0.2, -0.15) is 0 Å². The molecule has 1 heterocycles. The molecule has 3 rings (SSSR count). The van der Waals surface area contributed by atoms with Crippen LogP contribution in [-0.4, -0.2) is 24.0 Å². The van der Waals surface area contributed by atoms with E-state index in [0.29, 0.717) is 12.1 Å². The molecule has 0 aliphatic rings. The van der Waals surface area contributed by atoms with Gasteiger partial charge in [0.1, 0.15) is 27.9 Å². The van der Waals surface area contributed by atoms with Crippen LogP contribution < -0.4 is 10.1 Å². The molecule has 0 fully saturated rings. The van der Waals surface area contributed by atoms with Crippen LogP contribution in [0.15, 0.2) is 47.8 Å². The maximum atomic E-state index is 14.7. The predicted octanol–water partition coefficient (Wildman–Crippen LogP) is 4.65. The number of methoxy groups -OCH3 is 1. The lowest BCUT2D eigenvalue weighted by Gasteiger charge is -2.11. The highest BCUT2D eigenvalue weighted by Crippen LogP contribution is 2.30. The van der Waals surface area contributed by atoms with Crippen molar-refractivity contribution >= 4 is 28.9 Å². The van der Waals surface area contributed by atoms with Gasteiger partial charge in [0, 0.05) is 0 Å². The van der Waals surface area contributed by atoms with E-state index < -0.39 is 65.7 Å². The number of rotatable bonds is 5. The molecular formula is C19H13F2NO4S. The number of ether oxygens (including phenoxy) is 1. The fourth-order valence-corrected chi connectivity index (χ4v) is 2.97. The fraction of sp³-hybridized carbons (Fsp3) is 0.0526. The minimum Gasteiger partial charge on any atom is -0.497 e. The molecular weight excluding hydrogens is 376 g/mol. The van der Waals surface area contributed by atoms with Gasteiger partial charge >= 0.3 is 5.97 Å². The number of hydrogen-bond donors (Lipinski definition) is 2. The van der Waals surface area contributed by atoms with E-state index in [4.69, 9.17) is 13.3 Å². The normalized spacial score (nSPS) is 14.1. The average Bonchev–Trinajstić information content (AvgIpc) is 3.17. The molecule has 0 aliphatic carbocycles. The first kappa shape index (κ1) is 12.2. The van der Waals surface area contributed by atoms with E-state index in [-0.39, 0.29) is 16.0 Å². The first-order chi connectivity index (χ1) is 15.3. The summed E-state index contributed by atoms with van der Waals surface area (Å²) in [4.78, 5) is 23.2. The third-order valence-corrected chi connectivity index (χ3v) is 4.34. The third kappa shape index (κ3) is 3.80. The van der Waals surface area contributed by atoms with Crippen LogP contribution >= 0.6 is 11.3 Å². The van der Waals surface area contributed by atoms with E-state index in [1.807, 2.05) is 5.32 Å². The quantitative estimate of drug-likeness (QED) is 0.659. The lowest BCUT2D eigenvalue weighted by molar-refractivity contribution is 0.0698.